The fraction of sp³-hybridized carbons (Fsp3) is 0.714. The van der Waals surface area contributed by atoms with Gasteiger partial charge in [0.2, 0.25) is 0 Å². The summed E-state index contributed by atoms with van der Waals surface area (Å²) in [6, 6.07) is 2.23. The van der Waals surface area contributed by atoms with Crippen molar-refractivity contribution in [2.24, 2.45) is 0 Å². The molecule has 7 heteroatoms. The molecule has 1 unspecified atom stereocenters. The van der Waals surface area contributed by atoms with E-state index >= 15 is 0 Å². The Morgan fingerprint density at radius 2 is 2.19 bits per heavy atom. The number of anilines is 2. The molecule has 0 radical (unpaired) electrons. The highest BCUT2D eigenvalue weighted by molar-refractivity contribution is 5.44. The van der Waals surface area contributed by atoms with Gasteiger partial charge in [0, 0.05) is 44.9 Å². The quantitative estimate of drug-likeness (QED) is 0.778. The van der Waals surface area contributed by atoms with Gasteiger partial charge in [-0.2, -0.15) is 0 Å². The minimum Gasteiger partial charge on any atom is -0.384 e. The lowest BCUT2D eigenvalue weighted by Crippen LogP contribution is -2.52. The van der Waals surface area contributed by atoms with Gasteiger partial charge in [-0.25, -0.2) is 9.97 Å². The lowest BCUT2D eigenvalue weighted by atomic mass is 10.2. The van der Waals surface area contributed by atoms with Gasteiger partial charge in [0.1, 0.15) is 18.2 Å². The molecule has 3 N–H and O–H groups in total. The number of piperazine rings is 1. The van der Waals surface area contributed by atoms with Crippen molar-refractivity contribution in [1.29, 1.82) is 0 Å². The van der Waals surface area contributed by atoms with Crippen molar-refractivity contribution in [1.82, 2.24) is 19.8 Å². The first kappa shape index (κ1) is 15.9. The van der Waals surface area contributed by atoms with E-state index in [1.54, 1.807) is 6.07 Å². The zero-order chi connectivity index (χ0) is 15.2. The molecular formula is C14H26N6O. The van der Waals surface area contributed by atoms with Gasteiger partial charge < -0.3 is 20.7 Å². The van der Waals surface area contributed by atoms with Crippen molar-refractivity contribution in [3.05, 3.63) is 11.9 Å². The van der Waals surface area contributed by atoms with Gasteiger partial charge in [0.15, 0.2) is 5.82 Å². The molecule has 21 heavy (non-hydrogen) atoms. The first-order valence-corrected chi connectivity index (χ1v) is 7.42. The van der Waals surface area contributed by atoms with Crippen molar-refractivity contribution >= 4 is 11.6 Å². The highest BCUT2D eigenvalue weighted by Crippen LogP contribution is 2.11. The lowest BCUT2D eigenvalue weighted by molar-refractivity contribution is 0.121. The number of aromatic nitrogens is 2. The van der Waals surface area contributed by atoms with Crippen LogP contribution in [0, 0.1) is 0 Å². The second kappa shape index (κ2) is 7.53. The maximum Gasteiger partial charge on any atom is 0.158 e. The normalized spacial score (nSPS) is 20.6. The molecule has 1 saturated heterocycles. The van der Waals surface area contributed by atoms with Gasteiger partial charge in [0.05, 0.1) is 0 Å². The summed E-state index contributed by atoms with van der Waals surface area (Å²) in [5.41, 5.74) is 5.82. The summed E-state index contributed by atoms with van der Waals surface area (Å²) >= 11 is 0. The Morgan fingerprint density at radius 3 is 2.95 bits per heavy atom. The molecule has 1 aromatic rings. The Kier molecular flexibility index (Phi) is 5.72. The molecule has 2 rings (SSSR count). The number of nitrogens with two attached hydrogens (primary N) is 1. The molecule has 0 bridgehead atoms. The Bertz CT molecular complexity index is 455. The fourth-order valence-corrected chi connectivity index (χ4v) is 2.41. The maximum absolute atomic E-state index is 5.82. The standard InChI is InChI=1S/C14H26N6O/c1-4-21-10-14-17-12(15)7-13(18-14)16-8-11-9-19(2)5-6-20(11)3/h7,11H,4-6,8-10H2,1-3H3,(H3,15,16,17,18). The van der Waals surface area contributed by atoms with Crippen LogP contribution in [0.4, 0.5) is 11.6 Å². The van der Waals surface area contributed by atoms with E-state index in [1.807, 2.05) is 6.92 Å². The summed E-state index contributed by atoms with van der Waals surface area (Å²) < 4.78 is 5.33. The van der Waals surface area contributed by atoms with Crippen molar-refractivity contribution in [3.8, 4) is 0 Å². The summed E-state index contributed by atoms with van der Waals surface area (Å²) in [5.74, 6) is 1.85. The van der Waals surface area contributed by atoms with Crippen molar-refractivity contribution in [3.63, 3.8) is 0 Å². The number of likely N-dealkylation sites (N-methyl/N-ethyl adjacent to an activating group) is 2. The van der Waals surface area contributed by atoms with Crippen LogP contribution >= 0.6 is 0 Å². The van der Waals surface area contributed by atoms with E-state index < -0.39 is 0 Å². The zero-order valence-electron chi connectivity index (χ0n) is 13.2. The van der Waals surface area contributed by atoms with E-state index in [1.165, 1.54) is 0 Å². The second-order valence-electron chi connectivity index (χ2n) is 5.51. The Labute approximate surface area is 126 Å². The van der Waals surface area contributed by atoms with Gasteiger partial charge >= 0.3 is 0 Å². The monoisotopic (exact) mass is 294 g/mol. The smallest absolute Gasteiger partial charge is 0.158 e. The minimum atomic E-state index is 0.391. The van der Waals surface area contributed by atoms with Crippen LogP contribution in [0.1, 0.15) is 12.7 Å². The molecule has 2 heterocycles. The number of hydrogen-bond acceptors (Lipinski definition) is 7. The molecule has 118 valence electrons. The van der Waals surface area contributed by atoms with E-state index in [9.17, 15) is 0 Å². The number of nitrogen functional groups attached to an aromatic ring is 1. The van der Waals surface area contributed by atoms with E-state index in [2.05, 4.69) is 39.2 Å². The molecule has 1 aliphatic rings. The lowest BCUT2D eigenvalue weighted by Gasteiger charge is -2.37. The molecule has 0 aromatic carbocycles. The molecule has 1 fully saturated rings. The summed E-state index contributed by atoms with van der Waals surface area (Å²) in [6.07, 6.45) is 0. The van der Waals surface area contributed by atoms with E-state index in [-0.39, 0.29) is 0 Å². The highest BCUT2D eigenvalue weighted by Gasteiger charge is 2.21. The molecule has 0 aliphatic carbocycles. The first-order chi connectivity index (χ1) is 10.1. The molecule has 1 aromatic heterocycles. The molecular weight excluding hydrogens is 268 g/mol. The number of nitrogens with zero attached hydrogens (tertiary/aromatic N) is 4. The van der Waals surface area contributed by atoms with Crippen molar-refractivity contribution in [2.75, 3.05) is 57.9 Å². The summed E-state index contributed by atoms with van der Waals surface area (Å²) in [6.45, 7) is 7.07. The summed E-state index contributed by atoms with van der Waals surface area (Å²) in [5, 5.41) is 3.37. The van der Waals surface area contributed by atoms with Crippen LogP contribution in [0.3, 0.4) is 0 Å². The first-order valence-electron chi connectivity index (χ1n) is 7.42. The Morgan fingerprint density at radius 1 is 1.38 bits per heavy atom. The molecule has 0 amide bonds. The third-order valence-corrected chi connectivity index (χ3v) is 3.73. The van der Waals surface area contributed by atoms with Crippen LogP contribution in [0.25, 0.3) is 0 Å². The van der Waals surface area contributed by atoms with Crippen LogP contribution in [0.2, 0.25) is 0 Å². The van der Waals surface area contributed by atoms with Gasteiger partial charge in [-0.3, -0.25) is 4.90 Å². The van der Waals surface area contributed by atoms with Gasteiger partial charge in [-0.05, 0) is 21.0 Å². The van der Waals surface area contributed by atoms with Crippen LogP contribution in [-0.4, -0.2) is 72.7 Å². The molecule has 0 spiro atoms. The number of rotatable bonds is 6. The summed E-state index contributed by atoms with van der Waals surface area (Å²) in [7, 11) is 4.32. The number of ether oxygens (including phenoxy) is 1. The molecule has 1 atom stereocenters. The van der Waals surface area contributed by atoms with Crippen LogP contribution in [-0.2, 0) is 11.3 Å². The van der Waals surface area contributed by atoms with E-state index in [0.29, 0.717) is 30.9 Å². The van der Waals surface area contributed by atoms with E-state index in [0.717, 1.165) is 32.0 Å². The second-order valence-corrected chi connectivity index (χ2v) is 5.51. The topological polar surface area (TPSA) is 79.5 Å². The van der Waals surface area contributed by atoms with Crippen LogP contribution in [0.5, 0.6) is 0 Å². The predicted octanol–water partition coefficient (Wildman–Crippen LogP) is 0.253. The van der Waals surface area contributed by atoms with Crippen molar-refractivity contribution in [2.45, 2.75) is 19.6 Å². The zero-order valence-corrected chi connectivity index (χ0v) is 13.2. The highest BCUT2D eigenvalue weighted by atomic mass is 16.5. The Balaban J connectivity index is 1.94. The molecule has 0 saturated carbocycles. The average molecular weight is 294 g/mol. The molecule has 1 aliphatic heterocycles. The molecule has 7 nitrogen and oxygen atoms in total. The minimum absolute atomic E-state index is 0.391. The predicted molar refractivity (Wildman–Crippen MR) is 84.2 cm³/mol. The third kappa shape index (κ3) is 4.80. The summed E-state index contributed by atoms with van der Waals surface area (Å²) in [4.78, 5) is 13.3. The maximum atomic E-state index is 5.82. The SMILES string of the molecule is CCOCc1nc(N)cc(NCC2CN(C)CCN2C)n1. The number of hydrogen-bond donors (Lipinski definition) is 2. The number of nitrogens with one attached hydrogen (secondary N) is 1. The van der Waals surface area contributed by atoms with Crippen LogP contribution < -0.4 is 11.1 Å². The largest absolute Gasteiger partial charge is 0.384 e. The van der Waals surface area contributed by atoms with Crippen molar-refractivity contribution < 1.29 is 4.74 Å². The van der Waals surface area contributed by atoms with Gasteiger partial charge in [0.25, 0.3) is 0 Å². The third-order valence-electron chi connectivity index (χ3n) is 3.73. The Hall–Kier alpha value is -1.44. The van der Waals surface area contributed by atoms with Crippen LogP contribution in [0.15, 0.2) is 6.07 Å². The average Bonchev–Trinajstić information content (AvgIpc) is 2.45. The van der Waals surface area contributed by atoms with E-state index in [4.69, 9.17) is 10.5 Å². The van der Waals surface area contributed by atoms with Gasteiger partial charge in [-0.15, -0.1) is 0 Å². The van der Waals surface area contributed by atoms with Gasteiger partial charge in [-0.1, -0.05) is 0 Å². The fourth-order valence-electron chi connectivity index (χ4n) is 2.41.